The van der Waals surface area contributed by atoms with Gasteiger partial charge in [0, 0.05) is 29.3 Å². The zero-order chi connectivity index (χ0) is 38.9. The quantitative estimate of drug-likeness (QED) is 0.300. The molecule has 3 fully saturated rings. The molecule has 4 amide bonds. The third-order valence-corrected chi connectivity index (χ3v) is 11.2. The molecule has 0 radical (unpaired) electrons. The monoisotopic (exact) mass is 763 g/mol. The number of nitrogens with one attached hydrogen (secondary N) is 3. The largest absolute Gasteiger partial charge is 0.586 e. The van der Waals surface area contributed by atoms with Gasteiger partial charge >= 0.3 is 12.4 Å². The Bertz CT molecular complexity index is 1980. The number of likely N-dealkylation sites (tertiary alicyclic amines) is 1. The summed E-state index contributed by atoms with van der Waals surface area (Å²) in [5.74, 6) is -3.32. The van der Waals surface area contributed by atoms with E-state index in [4.69, 9.17) is 14.2 Å². The highest BCUT2D eigenvalue weighted by Crippen LogP contribution is 2.48. The van der Waals surface area contributed by atoms with E-state index in [2.05, 4.69) is 31.7 Å². The van der Waals surface area contributed by atoms with E-state index in [-0.39, 0.29) is 47.5 Å². The van der Waals surface area contributed by atoms with Gasteiger partial charge in [-0.05, 0) is 63.6 Å². The third kappa shape index (κ3) is 7.82. The van der Waals surface area contributed by atoms with E-state index in [1.54, 1.807) is 41.5 Å². The molecule has 0 unspecified atom stereocenters. The number of alkyl halides is 2. The third-order valence-electron chi connectivity index (χ3n) is 9.42. The van der Waals surface area contributed by atoms with E-state index in [1.165, 1.54) is 35.4 Å². The number of hydrogen-bond acceptors (Lipinski definition) is 11. The van der Waals surface area contributed by atoms with Crippen molar-refractivity contribution in [2.75, 3.05) is 6.54 Å². The predicted molar refractivity (Wildman–Crippen MR) is 184 cm³/mol. The van der Waals surface area contributed by atoms with Gasteiger partial charge in [-0.3, -0.25) is 19.1 Å². The van der Waals surface area contributed by atoms with Crippen molar-refractivity contribution >= 4 is 44.6 Å². The molecule has 1 aromatic heterocycles. The molecule has 6 rings (SSSR count). The van der Waals surface area contributed by atoms with E-state index in [0.29, 0.717) is 12.8 Å². The van der Waals surface area contributed by atoms with Crippen LogP contribution in [0.25, 0.3) is 10.8 Å². The Morgan fingerprint density at radius 3 is 2.38 bits per heavy atom. The van der Waals surface area contributed by atoms with Crippen LogP contribution in [0.4, 0.5) is 13.6 Å². The lowest BCUT2D eigenvalue weighted by Crippen LogP contribution is -2.60. The van der Waals surface area contributed by atoms with Gasteiger partial charge < -0.3 is 34.5 Å². The number of carbonyl (C=O) groups excluding carboxylic acids is 4. The average molecular weight is 764 g/mol. The molecule has 288 valence electrons. The molecule has 2 saturated carbocycles. The van der Waals surface area contributed by atoms with Crippen molar-refractivity contribution < 1.29 is 55.3 Å². The van der Waals surface area contributed by atoms with Crippen LogP contribution in [0.1, 0.15) is 67.2 Å². The first-order valence-electron chi connectivity index (χ1n) is 17.2. The number of alkyl carbamates (subject to hydrolysis) is 1. The van der Waals surface area contributed by atoms with E-state index in [9.17, 15) is 36.4 Å². The summed E-state index contributed by atoms with van der Waals surface area (Å²) in [5, 5.41) is 5.17. The Kier molecular flexibility index (Phi) is 9.31. The van der Waals surface area contributed by atoms with E-state index in [1.807, 2.05) is 0 Å². The lowest BCUT2D eigenvalue weighted by molar-refractivity contribution is -0.286. The molecule has 2 aliphatic heterocycles. The molecule has 3 N–H and O–H groups in total. The number of rotatable bonds is 10. The highest BCUT2D eigenvalue weighted by Gasteiger charge is 2.62. The summed E-state index contributed by atoms with van der Waals surface area (Å²) in [6, 6.07) is 1.71. The molecule has 0 spiro atoms. The first-order chi connectivity index (χ1) is 24.5. The van der Waals surface area contributed by atoms with Crippen LogP contribution in [0.3, 0.4) is 0 Å². The molecule has 0 bridgehead atoms. The Balaban J connectivity index is 1.30. The van der Waals surface area contributed by atoms with Crippen molar-refractivity contribution in [1.29, 1.82) is 0 Å². The topological polar surface area (TPSA) is 192 Å². The molecule has 1 saturated heterocycles. The fraction of sp³-hybridized carbons (Fsp3) is 0.571. The summed E-state index contributed by atoms with van der Waals surface area (Å²) < 4.78 is 76.2. The van der Waals surface area contributed by atoms with E-state index >= 15 is 0 Å². The SMILES string of the molecule is C=C[C@@H]1C[C@]1(NC(=O)[C@@H]1C[C@@H](Oc2nccc3c4c(ccc23)OC(F)(F)O4)CN1C(=O)[C@H](NC(=O)OC(C)(C)C)C(C)(C)C)C(=O)NS(=O)(=O)C1CC1. The van der Waals surface area contributed by atoms with Crippen LogP contribution in [0.5, 0.6) is 17.4 Å². The first-order valence-corrected chi connectivity index (χ1v) is 18.7. The van der Waals surface area contributed by atoms with Crippen molar-refractivity contribution in [1.82, 2.24) is 25.2 Å². The van der Waals surface area contributed by atoms with Gasteiger partial charge in [0.2, 0.25) is 27.7 Å². The van der Waals surface area contributed by atoms with Crippen LogP contribution in [0.2, 0.25) is 0 Å². The Labute approximate surface area is 305 Å². The minimum Gasteiger partial charge on any atom is -0.472 e. The van der Waals surface area contributed by atoms with Gasteiger partial charge in [-0.25, -0.2) is 18.2 Å². The number of fused-ring (bicyclic) bond motifs is 3. The summed E-state index contributed by atoms with van der Waals surface area (Å²) in [4.78, 5) is 60.5. The molecule has 53 heavy (non-hydrogen) atoms. The van der Waals surface area contributed by atoms with Crippen molar-refractivity contribution in [2.45, 2.75) is 108 Å². The van der Waals surface area contributed by atoms with Crippen LogP contribution in [0.15, 0.2) is 37.1 Å². The number of aromatic nitrogens is 1. The van der Waals surface area contributed by atoms with Gasteiger partial charge in [0.25, 0.3) is 5.91 Å². The number of hydrogen-bond donors (Lipinski definition) is 3. The van der Waals surface area contributed by atoms with E-state index < -0.39 is 86.0 Å². The minimum atomic E-state index is -3.95. The molecule has 2 aliphatic carbocycles. The summed E-state index contributed by atoms with van der Waals surface area (Å²) in [6.07, 6.45) is -2.08. The van der Waals surface area contributed by atoms with Crippen LogP contribution in [-0.2, 0) is 29.1 Å². The zero-order valence-electron chi connectivity index (χ0n) is 30.2. The maximum Gasteiger partial charge on any atom is 0.586 e. The second-order valence-corrected chi connectivity index (χ2v) is 17.8. The summed E-state index contributed by atoms with van der Waals surface area (Å²) in [6.45, 7) is 13.7. The number of benzene rings is 1. The second kappa shape index (κ2) is 13.0. The molecular formula is C35H43F2N5O10S. The van der Waals surface area contributed by atoms with Crippen LogP contribution in [-0.4, -0.2) is 89.5 Å². The van der Waals surface area contributed by atoms with Crippen LogP contribution >= 0.6 is 0 Å². The van der Waals surface area contributed by atoms with Crippen molar-refractivity contribution in [3.63, 3.8) is 0 Å². The predicted octanol–water partition coefficient (Wildman–Crippen LogP) is 3.51. The maximum atomic E-state index is 14.4. The fourth-order valence-corrected chi connectivity index (χ4v) is 7.88. The molecule has 18 heteroatoms. The lowest BCUT2D eigenvalue weighted by Gasteiger charge is -2.36. The highest BCUT2D eigenvalue weighted by molar-refractivity contribution is 7.91. The fourth-order valence-electron chi connectivity index (χ4n) is 6.52. The first kappa shape index (κ1) is 38.0. The molecule has 15 nitrogen and oxygen atoms in total. The van der Waals surface area contributed by atoms with Crippen molar-refractivity contribution in [3.8, 4) is 17.4 Å². The number of halogens is 2. The smallest absolute Gasteiger partial charge is 0.472 e. The maximum absolute atomic E-state index is 14.4. The van der Waals surface area contributed by atoms with Crippen molar-refractivity contribution in [2.24, 2.45) is 11.3 Å². The number of sulfonamides is 1. The number of nitrogens with zero attached hydrogens (tertiary/aromatic N) is 2. The van der Waals surface area contributed by atoms with Crippen LogP contribution in [0, 0.1) is 11.3 Å². The minimum absolute atomic E-state index is 0.00290. The number of pyridine rings is 1. The Morgan fingerprint density at radius 1 is 1.08 bits per heavy atom. The van der Waals surface area contributed by atoms with Gasteiger partial charge in [-0.15, -0.1) is 15.4 Å². The number of carbonyl (C=O) groups is 4. The summed E-state index contributed by atoms with van der Waals surface area (Å²) in [5.41, 5.74) is -3.40. The van der Waals surface area contributed by atoms with Gasteiger partial charge in [0.15, 0.2) is 11.5 Å². The normalized spacial score (nSPS) is 25.3. The summed E-state index contributed by atoms with van der Waals surface area (Å²) >= 11 is 0. The molecule has 1 aromatic carbocycles. The zero-order valence-corrected chi connectivity index (χ0v) is 31.0. The van der Waals surface area contributed by atoms with Gasteiger partial charge in [-0.2, -0.15) is 0 Å². The molecule has 2 aromatic rings. The lowest BCUT2D eigenvalue weighted by atomic mass is 9.85. The summed E-state index contributed by atoms with van der Waals surface area (Å²) in [7, 11) is -3.95. The molecule has 4 aliphatic rings. The van der Waals surface area contributed by atoms with Gasteiger partial charge in [0.1, 0.15) is 29.3 Å². The Morgan fingerprint density at radius 2 is 1.77 bits per heavy atom. The molecule has 5 atom stereocenters. The van der Waals surface area contributed by atoms with E-state index in [0.717, 1.165) is 0 Å². The molecular weight excluding hydrogens is 720 g/mol. The van der Waals surface area contributed by atoms with Gasteiger partial charge in [0.05, 0.1) is 11.8 Å². The Hall–Kier alpha value is -4.74. The average Bonchev–Trinajstić information content (AvgIpc) is 3.94. The van der Waals surface area contributed by atoms with Crippen molar-refractivity contribution in [3.05, 3.63) is 37.1 Å². The number of ether oxygens (including phenoxy) is 4. The highest BCUT2D eigenvalue weighted by atomic mass is 32.2. The van der Waals surface area contributed by atoms with Crippen LogP contribution < -0.4 is 29.6 Å². The van der Waals surface area contributed by atoms with Gasteiger partial charge in [-0.1, -0.05) is 26.8 Å². The molecule has 3 heterocycles. The second-order valence-electron chi connectivity index (χ2n) is 15.9. The standard InChI is InChI=1S/C35H43F2N5O10S/c1-8-18-16-34(18,30(45)41-53(47,48)20-9-10-20)40-27(43)23-15-19(17-42(23)29(44)26(32(2,3)4)39-31(46)52-33(5,6)7)49-28-22-11-12-24-25(21(22)13-14-38-28)51-35(36,37)50-24/h8,11-14,18-20,23,26H,1,9-10,15-17H2,2-7H3,(H,39,46)(H,40,43)(H,41,45)/t18-,19-,23+,26+,34-/m1/s1. The number of amides is 4.